The summed E-state index contributed by atoms with van der Waals surface area (Å²) in [7, 11) is 0. The number of carboxylic acid groups (broad SMARTS) is 1. The Balaban J connectivity index is 2.34. The number of non-ortho nitro benzene ring substituents is 1. The molecule has 1 atom stereocenters. The molecule has 0 aromatic heterocycles. The molecule has 0 unspecified atom stereocenters. The second-order valence-corrected chi connectivity index (χ2v) is 5.48. The van der Waals surface area contributed by atoms with Crippen LogP contribution in [0.15, 0.2) is 42.5 Å². The van der Waals surface area contributed by atoms with E-state index in [1.54, 1.807) is 0 Å². The number of rotatable bonds is 6. The van der Waals surface area contributed by atoms with Crippen molar-refractivity contribution in [3.8, 4) is 0 Å². The lowest BCUT2D eigenvalue weighted by atomic mass is 10.0. The predicted molar refractivity (Wildman–Crippen MR) is 84.3 cm³/mol. The van der Waals surface area contributed by atoms with E-state index in [2.05, 4.69) is 5.32 Å². The molecule has 0 aliphatic carbocycles. The molecule has 0 bridgehead atoms. The Morgan fingerprint density at radius 3 is 2.40 bits per heavy atom. The Hall–Kier alpha value is -3.00. The van der Waals surface area contributed by atoms with Crippen molar-refractivity contribution < 1.29 is 24.0 Å². The Bertz CT molecular complexity index is 826. The Morgan fingerprint density at radius 1 is 1.20 bits per heavy atom. The zero-order valence-corrected chi connectivity index (χ0v) is 13.3. The summed E-state index contributed by atoms with van der Waals surface area (Å²) in [6, 6.07) is 6.90. The molecule has 0 fully saturated rings. The second kappa shape index (κ2) is 7.71. The number of halogens is 2. The van der Waals surface area contributed by atoms with Crippen LogP contribution in [0.3, 0.4) is 0 Å². The lowest BCUT2D eigenvalue weighted by molar-refractivity contribution is -0.385. The number of carboxylic acids is 1. The molecular weight excluding hydrogens is 355 g/mol. The number of amides is 1. The van der Waals surface area contributed by atoms with Gasteiger partial charge in [0.25, 0.3) is 11.6 Å². The summed E-state index contributed by atoms with van der Waals surface area (Å²) < 4.78 is 12.9. The number of nitrogens with one attached hydrogen (secondary N) is 1. The van der Waals surface area contributed by atoms with Gasteiger partial charge in [-0.3, -0.25) is 14.9 Å². The third kappa shape index (κ3) is 4.74. The van der Waals surface area contributed by atoms with Crippen LogP contribution in [0.25, 0.3) is 0 Å². The number of nitro groups is 1. The number of carbonyl (C=O) groups excluding carboxylic acids is 2. The molecule has 0 radical (unpaired) electrons. The van der Waals surface area contributed by atoms with Crippen LogP contribution in [0.4, 0.5) is 10.1 Å². The van der Waals surface area contributed by atoms with Crippen LogP contribution in [0.2, 0.25) is 5.02 Å². The van der Waals surface area contributed by atoms with Gasteiger partial charge in [0, 0.05) is 40.7 Å². The van der Waals surface area contributed by atoms with Crippen molar-refractivity contribution in [3.05, 3.63) is 74.5 Å². The van der Waals surface area contributed by atoms with E-state index in [-0.39, 0.29) is 21.8 Å². The van der Waals surface area contributed by atoms with Gasteiger partial charge in [0.05, 0.1) is 11.0 Å². The molecule has 0 saturated carbocycles. The van der Waals surface area contributed by atoms with E-state index in [9.17, 15) is 29.2 Å². The number of benzene rings is 2. The predicted octanol–water partition coefficient (Wildman–Crippen LogP) is 2.00. The number of aliphatic carboxylic acids is 1. The summed E-state index contributed by atoms with van der Waals surface area (Å²) in [5, 5.41) is 24.4. The zero-order valence-electron chi connectivity index (χ0n) is 12.6. The summed E-state index contributed by atoms with van der Waals surface area (Å²) in [4.78, 5) is 33.4. The quantitative estimate of drug-likeness (QED) is 0.621. The first-order valence-corrected chi connectivity index (χ1v) is 7.36. The second-order valence-electron chi connectivity index (χ2n) is 5.07. The molecule has 1 N–H and O–H groups in total. The fourth-order valence-electron chi connectivity index (χ4n) is 2.16. The van der Waals surface area contributed by atoms with Crippen molar-refractivity contribution >= 4 is 29.2 Å². The Kier molecular flexibility index (Phi) is 5.66. The maximum Gasteiger partial charge on any atom is 0.269 e. The highest BCUT2D eigenvalue weighted by atomic mass is 35.5. The average Bonchev–Trinajstić information content (AvgIpc) is 2.54. The Morgan fingerprint density at radius 2 is 1.84 bits per heavy atom. The number of nitrogens with zero attached hydrogens (tertiary/aromatic N) is 1. The van der Waals surface area contributed by atoms with Crippen molar-refractivity contribution in [1.82, 2.24) is 5.32 Å². The minimum atomic E-state index is -1.48. The average molecular weight is 366 g/mol. The van der Waals surface area contributed by atoms with Crippen molar-refractivity contribution in [2.45, 2.75) is 12.5 Å². The first-order chi connectivity index (χ1) is 11.8. The highest BCUT2D eigenvalue weighted by molar-refractivity contribution is 6.31. The van der Waals surface area contributed by atoms with Gasteiger partial charge >= 0.3 is 0 Å². The van der Waals surface area contributed by atoms with Crippen LogP contribution >= 0.6 is 11.6 Å². The smallest absolute Gasteiger partial charge is 0.269 e. The van der Waals surface area contributed by atoms with Crippen molar-refractivity contribution in [2.75, 3.05) is 0 Å². The summed E-state index contributed by atoms with van der Waals surface area (Å²) >= 11 is 5.99. The van der Waals surface area contributed by atoms with E-state index in [4.69, 9.17) is 11.6 Å². The maximum absolute atomic E-state index is 12.9. The molecule has 2 aromatic carbocycles. The summed E-state index contributed by atoms with van der Waals surface area (Å²) in [6.45, 7) is 0. The van der Waals surface area contributed by atoms with E-state index < -0.39 is 35.1 Å². The molecule has 2 aromatic rings. The first-order valence-electron chi connectivity index (χ1n) is 6.98. The van der Waals surface area contributed by atoms with E-state index in [1.807, 2.05) is 0 Å². The summed E-state index contributed by atoms with van der Waals surface area (Å²) in [5.41, 5.74) is -0.152. The van der Waals surface area contributed by atoms with Crippen molar-refractivity contribution in [1.29, 1.82) is 0 Å². The molecule has 0 aliphatic heterocycles. The van der Waals surface area contributed by atoms with Crippen LogP contribution in [0.1, 0.15) is 28.4 Å². The van der Waals surface area contributed by atoms with Crippen LogP contribution in [0.5, 0.6) is 0 Å². The van der Waals surface area contributed by atoms with E-state index in [1.165, 1.54) is 18.2 Å². The highest BCUT2D eigenvalue weighted by Crippen LogP contribution is 2.29. The van der Waals surface area contributed by atoms with E-state index in [0.717, 1.165) is 24.3 Å². The molecule has 25 heavy (non-hydrogen) atoms. The number of carbonyl (C=O) groups is 2. The van der Waals surface area contributed by atoms with Gasteiger partial charge in [0.2, 0.25) is 0 Å². The SMILES string of the molecule is O=C([O-])C[C@H](NC(=O)c1ccc(F)cc1)c1cc([N+](=O)[O-])ccc1Cl. The summed E-state index contributed by atoms with van der Waals surface area (Å²) in [6.07, 6.45) is -0.645. The number of hydrogen-bond donors (Lipinski definition) is 1. The largest absolute Gasteiger partial charge is 0.550 e. The van der Waals surface area contributed by atoms with E-state index in [0.29, 0.717) is 0 Å². The van der Waals surface area contributed by atoms with Gasteiger partial charge in [-0.05, 0) is 30.3 Å². The van der Waals surface area contributed by atoms with Crippen LogP contribution in [-0.4, -0.2) is 16.8 Å². The van der Waals surface area contributed by atoms with Crippen molar-refractivity contribution in [3.63, 3.8) is 0 Å². The van der Waals surface area contributed by atoms with Crippen molar-refractivity contribution in [2.24, 2.45) is 0 Å². The number of hydrogen-bond acceptors (Lipinski definition) is 5. The highest BCUT2D eigenvalue weighted by Gasteiger charge is 2.21. The van der Waals surface area contributed by atoms with Gasteiger partial charge in [-0.2, -0.15) is 0 Å². The molecule has 9 heteroatoms. The normalized spacial score (nSPS) is 11.6. The fraction of sp³-hybridized carbons (Fsp3) is 0.125. The fourth-order valence-corrected chi connectivity index (χ4v) is 2.41. The lowest BCUT2D eigenvalue weighted by Crippen LogP contribution is -2.34. The topological polar surface area (TPSA) is 112 Å². The molecule has 1 amide bonds. The molecule has 2 rings (SSSR count). The third-order valence-electron chi connectivity index (χ3n) is 3.35. The van der Waals surface area contributed by atoms with Gasteiger partial charge in [0.1, 0.15) is 5.82 Å². The first kappa shape index (κ1) is 18.3. The summed E-state index contributed by atoms with van der Waals surface area (Å²) in [5.74, 6) is -2.70. The molecule has 0 aliphatic rings. The Labute approximate surface area is 146 Å². The zero-order chi connectivity index (χ0) is 18.6. The van der Waals surface area contributed by atoms with Gasteiger partial charge in [-0.25, -0.2) is 4.39 Å². The van der Waals surface area contributed by atoms with E-state index >= 15 is 0 Å². The van der Waals surface area contributed by atoms with Gasteiger partial charge < -0.3 is 15.2 Å². The molecular formula is C16H11ClFN2O5-. The van der Waals surface area contributed by atoms with Crippen LogP contribution in [0, 0.1) is 15.9 Å². The molecule has 130 valence electrons. The molecule has 7 nitrogen and oxygen atoms in total. The number of nitro benzene ring substituents is 1. The monoisotopic (exact) mass is 365 g/mol. The minimum absolute atomic E-state index is 0.0521. The van der Waals surface area contributed by atoms with Gasteiger partial charge in [-0.1, -0.05) is 11.6 Å². The lowest BCUT2D eigenvalue weighted by Gasteiger charge is -2.21. The van der Waals surface area contributed by atoms with Crippen LogP contribution in [-0.2, 0) is 4.79 Å². The third-order valence-corrected chi connectivity index (χ3v) is 3.69. The molecule has 0 heterocycles. The van der Waals surface area contributed by atoms with Gasteiger partial charge in [0.15, 0.2) is 0 Å². The maximum atomic E-state index is 12.9. The molecule has 0 spiro atoms. The minimum Gasteiger partial charge on any atom is -0.550 e. The van der Waals surface area contributed by atoms with Gasteiger partial charge in [-0.15, -0.1) is 0 Å². The standard InChI is InChI=1S/C16H12ClFN2O5/c17-13-6-5-11(20(24)25)7-12(13)14(8-15(21)22)19-16(23)9-1-3-10(18)4-2-9/h1-7,14H,8H2,(H,19,23)(H,21,22)/p-1/t14-/m0/s1. The van der Waals surface area contributed by atoms with Crippen LogP contribution < -0.4 is 10.4 Å². The molecule has 0 saturated heterocycles.